The molecule has 3 aromatic rings. The fourth-order valence-corrected chi connectivity index (χ4v) is 3.54. The number of primary sulfonamides is 1. The van der Waals surface area contributed by atoms with Gasteiger partial charge in [0.05, 0.1) is 11.4 Å². The van der Waals surface area contributed by atoms with E-state index in [1.54, 1.807) is 12.4 Å². The zero-order chi connectivity index (χ0) is 17.3. The van der Waals surface area contributed by atoms with Crippen LogP contribution in [0.3, 0.4) is 0 Å². The van der Waals surface area contributed by atoms with Crippen LogP contribution in [0.15, 0.2) is 42.7 Å². The molecule has 0 amide bonds. The number of hydrogen-bond donors (Lipinski definition) is 1. The van der Waals surface area contributed by atoms with Gasteiger partial charge in [-0.2, -0.15) is 0 Å². The molecule has 0 bridgehead atoms. The fraction of sp³-hybridized carbons (Fsp3) is 0.235. The molecular weight excluding hydrogens is 346 g/mol. The summed E-state index contributed by atoms with van der Waals surface area (Å²) in [6.45, 7) is 0. The summed E-state index contributed by atoms with van der Waals surface area (Å²) in [5.41, 5.74) is 4.06. The van der Waals surface area contributed by atoms with Crippen LogP contribution in [0.1, 0.15) is 12.0 Å². The number of aromatic nitrogens is 2. The van der Waals surface area contributed by atoms with Gasteiger partial charge in [0.2, 0.25) is 10.0 Å². The van der Waals surface area contributed by atoms with E-state index in [9.17, 15) is 8.42 Å². The number of benzene rings is 1. The molecule has 0 saturated heterocycles. The van der Waals surface area contributed by atoms with Crippen molar-refractivity contribution in [1.82, 2.24) is 9.55 Å². The van der Waals surface area contributed by atoms with Crippen LogP contribution >= 0.6 is 11.6 Å². The van der Waals surface area contributed by atoms with Crippen molar-refractivity contribution < 1.29 is 8.42 Å². The van der Waals surface area contributed by atoms with Crippen molar-refractivity contribution in [3.05, 3.63) is 53.3 Å². The minimum Gasteiger partial charge on any atom is -0.344 e. The number of pyridine rings is 1. The summed E-state index contributed by atoms with van der Waals surface area (Å²) in [6, 6.07) is 9.92. The summed E-state index contributed by atoms with van der Waals surface area (Å²) < 4.78 is 24.1. The Morgan fingerprint density at radius 2 is 2.00 bits per heavy atom. The summed E-state index contributed by atoms with van der Waals surface area (Å²) in [4.78, 5) is 4.28. The predicted molar refractivity (Wildman–Crippen MR) is 97.5 cm³/mol. The molecule has 2 heterocycles. The average molecular weight is 364 g/mol. The summed E-state index contributed by atoms with van der Waals surface area (Å²) in [5.74, 6) is -0.0240. The van der Waals surface area contributed by atoms with E-state index in [-0.39, 0.29) is 5.75 Å². The van der Waals surface area contributed by atoms with Gasteiger partial charge in [0.15, 0.2) is 0 Å². The Hall–Kier alpha value is -1.89. The largest absolute Gasteiger partial charge is 0.344 e. The third-order valence-electron chi connectivity index (χ3n) is 3.99. The number of hydrogen-bond acceptors (Lipinski definition) is 3. The molecule has 0 fully saturated rings. The maximum atomic E-state index is 11.0. The van der Waals surface area contributed by atoms with Crippen molar-refractivity contribution in [1.29, 1.82) is 0 Å². The Bertz CT molecular complexity index is 996. The molecule has 0 aliphatic rings. The Labute approximate surface area is 146 Å². The number of nitrogens with two attached hydrogens (primary N) is 1. The molecule has 1 aromatic carbocycles. The summed E-state index contributed by atoms with van der Waals surface area (Å²) in [7, 11) is -1.43. The molecule has 2 N–H and O–H groups in total. The number of fused-ring (bicyclic) bond motifs is 1. The molecular formula is C17H18ClN3O2S. The molecule has 24 heavy (non-hydrogen) atoms. The van der Waals surface area contributed by atoms with Crippen molar-refractivity contribution in [2.24, 2.45) is 12.2 Å². The molecule has 0 saturated carbocycles. The molecule has 2 aromatic heterocycles. The van der Waals surface area contributed by atoms with Crippen LogP contribution in [0.5, 0.6) is 0 Å². The second-order valence-corrected chi connectivity index (χ2v) is 8.01. The van der Waals surface area contributed by atoms with Crippen molar-refractivity contribution >= 4 is 32.5 Å². The van der Waals surface area contributed by atoms with Crippen LogP contribution in [-0.2, 0) is 23.5 Å². The van der Waals surface area contributed by atoms with Crippen LogP contribution in [0.25, 0.3) is 22.2 Å². The number of nitrogens with zero attached hydrogens (tertiary/aromatic N) is 2. The van der Waals surface area contributed by atoms with Crippen LogP contribution in [0.4, 0.5) is 0 Å². The van der Waals surface area contributed by atoms with E-state index < -0.39 is 10.0 Å². The quantitative estimate of drug-likeness (QED) is 0.756. The van der Waals surface area contributed by atoms with E-state index in [1.165, 1.54) is 0 Å². The lowest BCUT2D eigenvalue weighted by Gasteiger charge is -2.07. The van der Waals surface area contributed by atoms with E-state index in [2.05, 4.69) is 15.6 Å². The van der Waals surface area contributed by atoms with Gasteiger partial charge < -0.3 is 4.57 Å². The van der Waals surface area contributed by atoms with Gasteiger partial charge in [0.25, 0.3) is 0 Å². The van der Waals surface area contributed by atoms with Crippen molar-refractivity contribution in [2.45, 2.75) is 12.8 Å². The molecule has 3 rings (SSSR count). The molecule has 5 nitrogen and oxygen atoms in total. The smallest absolute Gasteiger partial charge is 0.209 e. The molecule has 7 heteroatoms. The van der Waals surface area contributed by atoms with Gasteiger partial charge in [-0.1, -0.05) is 17.7 Å². The first-order valence-electron chi connectivity index (χ1n) is 7.53. The first-order valence-corrected chi connectivity index (χ1v) is 9.62. The Morgan fingerprint density at radius 1 is 1.21 bits per heavy atom. The lowest BCUT2D eigenvalue weighted by Crippen LogP contribution is -2.16. The van der Waals surface area contributed by atoms with Gasteiger partial charge in [0, 0.05) is 40.9 Å². The third-order valence-corrected chi connectivity index (χ3v) is 5.09. The van der Waals surface area contributed by atoms with Crippen LogP contribution in [0, 0.1) is 0 Å². The van der Waals surface area contributed by atoms with Crippen LogP contribution in [-0.4, -0.2) is 23.7 Å². The minimum absolute atomic E-state index is 0.0240. The van der Waals surface area contributed by atoms with Crippen LogP contribution < -0.4 is 5.14 Å². The molecule has 0 atom stereocenters. The number of halogens is 1. The van der Waals surface area contributed by atoms with E-state index in [4.69, 9.17) is 16.7 Å². The second kappa shape index (κ2) is 6.55. The molecule has 0 aliphatic heterocycles. The lowest BCUT2D eigenvalue weighted by molar-refractivity contribution is 0.595. The van der Waals surface area contributed by atoms with E-state index in [0.29, 0.717) is 17.9 Å². The van der Waals surface area contributed by atoms with Gasteiger partial charge in [0.1, 0.15) is 0 Å². The maximum Gasteiger partial charge on any atom is 0.209 e. The van der Waals surface area contributed by atoms with Crippen molar-refractivity contribution in [3.8, 4) is 11.3 Å². The van der Waals surface area contributed by atoms with Gasteiger partial charge >= 0.3 is 0 Å². The molecule has 0 spiro atoms. The monoisotopic (exact) mass is 363 g/mol. The lowest BCUT2D eigenvalue weighted by atomic mass is 10.1. The first-order chi connectivity index (χ1) is 11.3. The Kier molecular flexibility index (Phi) is 4.62. The molecule has 0 aliphatic carbocycles. The third kappa shape index (κ3) is 3.77. The van der Waals surface area contributed by atoms with Gasteiger partial charge in [-0.05, 0) is 42.7 Å². The first kappa shape index (κ1) is 17.0. The Morgan fingerprint density at radius 3 is 2.75 bits per heavy atom. The SMILES string of the molecule is Cn1c(-c2cncc(CCCS(N)(=O)=O)c2)cc2ccc(Cl)cc21. The van der Waals surface area contributed by atoms with E-state index >= 15 is 0 Å². The molecule has 0 radical (unpaired) electrons. The van der Waals surface area contributed by atoms with Gasteiger partial charge in [-0.25, -0.2) is 13.6 Å². The zero-order valence-corrected chi connectivity index (χ0v) is 14.8. The van der Waals surface area contributed by atoms with Crippen molar-refractivity contribution in [2.75, 3.05) is 5.75 Å². The highest BCUT2D eigenvalue weighted by atomic mass is 35.5. The zero-order valence-electron chi connectivity index (χ0n) is 13.2. The van der Waals surface area contributed by atoms with E-state index in [0.717, 1.165) is 27.7 Å². The number of sulfonamides is 1. The Balaban J connectivity index is 1.90. The topological polar surface area (TPSA) is 78.0 Å². The van der Waals surface area contributed by atoms with E-state index in [1.807, 2.05) is 31.3 Å². The van der Waals surface area contributed by atoms with Crippen LogP contribution in [0.2, 0.25) is 5.02 Å². The highest BCUT2D eigenvalue weighted by Crippen LogP contribution is 2.29. The summed E-state index contributed by atoms with van der Waals surface area (Å²) >= 11 is 6.08. The van der Waals surface area contributed by atoms with Crippen molar-refractivity contribution in [3.63, 3.8) is 0 Å². The maximum absolute atomic E-state index is 11.0. The summed E-state index contributed by atoms with van der Waals surface area (Å²) in [5, 5.41) is 6.85. The standard InChI is InChI=1S/C17H18ClN3O2S/c1-21-16(8-13-4-5-15(18)9-17(13)21)14-7-12(10-20-11-14)3-2-6-24(19,22)23/h4-5,7-11H,2-3,6H2,1H3,(H2,19,22,23). The fourth-order valence-electron chi connectivity index (χ4n) is 2.82. The van der Waals surface area contributed by atoms with Gasteiger partial charge in [-0.15, -0.1) is 0 Å². The normalized spacial score (nSPS) is 12.0. The van der Waals surface area contributed by atoms with Gasteiger partial charge in [-0.3, -0.25) is 4.98 Å². The number of aryl methyl sites for hydroxylation is 2. The highest BCUT2D eigenvalue weighted by Gasteiger charge is 2.10. The molecule has 126 valence electrons. The highest BCUT2D eigenvalue weighted by molar-refractivity contribution is 7.89. The minimum atomic E-state index is -3.42. The average Bonchev–Trinajstić information content (AvgIpc) is 2.83. The predicted octanol–water partition coefficient (Wildman–Crippen LogP) is 3.11. The second-order valence-electron chi connectivity index (χ2n) is 5.84. The molecule has 0 unspecified atom stereocenters. The number of rotatable bonds is 5. The summed E-state index contributed by atoms with van der Waals surface area (Å²) in [6.07, 6.45) is 4.66.